The van der Waals surface area contributed by atoms with Gasteiger partial charge in [0.1, 0.15) is 0 Å². The van der Waals surface area contributed by atoms with Crippen molar-refractivity contribution in [2.24, 2.45) is 5.14 Å². The molecule has 0 aliphatic carbocycles. The Kier molecular flexibility index (Phi) is 4.54. The predicted octanol–water partition coefficient (Wildman–Crippen LogP) is -1.77. The Morgan fingerprint density at radius 2 is 1.73 bits per heavy atom. The third-order valence-electron chi connectivity index (χ3n) is 2.85. The lowest BCUT2D eigenvalue weighted by Gasteiger charge is -2.24. The molecule has 0 bridgehead atoms. The molecular formula is C12H14N4O5S. The monoisotopic (exact) mass is 326 g/mol. The Morgan fingerprint density at radius 1 is 1.18 bits per heavy atom. The highest BCUT2D eigenvalue weighted by molar-refractivity contribution is 7.89. The summed E-state index contributed by atoms with van der Waals surface area (Å²) in [7, 11) is -3.79. The highest BCUT2D eigenvalue weighted by Gasteiger charge is 2.23. The van der Waals surface area contributed by atoms with Gasteiger partial charge in [-0.05, 0) is 24.3 Å². The average Bonchev–Trinajstić information content (AvgIpc) is 2.36. The number of hydrogen-bond acceptors (Lipinski definition) is 6. The van der Waals surface area contributed by atoms with Gasteiger partial charge in [-0.25, -0.2) is 13.6 Å². The van der Waals surface area contributed by atoms with Gasteiger partial charge in [0, 0.05) is 5.69 Å². The van der Waals surface area contributed by atoms with E-state index < -0.39 is 27.7 Å². The van der Waals surface area contributed by atoms with Crippen LogP contribution < -0.4 is 15.8 Å². The van der Waals surface area contributed by atoms with Crippen molar-refractivity contribution in [3.05, 3.63) is 24.3 Å². The first kappa shape index (κ1) is 16.1. The molecule has 10 heteroatoms. The molecule has 0 aromatic heterocycles. The number of rotatable bonds is 4. The van der Waals surface area contributed by atoms with Crippen LogP contribution in [0.25, 0.3) is 0 Å². The minimum Gasteiger partial charge on any atom is -0.325 e. The quantitative estimate of drug-likeness (QED) is 0.560. The summed E-state index contributed by atoms with van der Waals surface area (Å²) in [6.07, 6.45) is 0. The summed E-state index contributed by atoms with van der Waals surface area (Å²) in [4.78, 5) is 35.5. The number of imide groups is 1. The standard InChI is InChI=1S/C12H14N4O5S/c13-22(20,21)9-3-1-8(2-4-9)14-10(17)5-16-6-11(18)15-12(19)7-16/h1-4H,5-7H2,(H,14,17)(H2,13,20,21)(H,15,18,19). The zero-order valence-corrected chi connectivity index (χ0v) is 12.2. The number of carbonyl (C=O) groups excluding carboxylic acids is 3. The minimum absolute atomic E-state index is 0.0382. The van der Waals surface area contributed by atoms with Crippen LogP contribution in [0.1, 0.15) is 0 Å². The fourth-order valence-corrected chi connectivity index (χ4v) is 2.46. The Labute approximate surface area is 126 Å². The van der Waals surface area contributed by atoms with Crippen molar-refractivity contribution in [3.63, 3.8) is 0 Å². The maximum Gasteiger partial charge on any atom is 0.240 e. The summed E-state index contributed by atoms with van der Waals surface area (Å²) in [6.45, 7) is -0.205. The van der Waals surface area contributed by atoms with Crippen LogP contribution >= 0.6 is 0 Å². The number of benzene rings is 1. The fraction of sp³-hybridized carbons (Fsp3) is 0.250. The molecule has 1 saturated heterocycles. The molecule has 0 saturated carbocycles. The summed E-state index contributed by atoms with van der Waals surface area (Å²) in [5, 5.41) is 9.64. The van der Waals surface area contributed by atoms with E-state index in [0.717, 1.165) is 0 Å². The van der Waals surface area contributed by atoms with E-state index in [9.17, 15) is 22.8 Å². The molecular weight excluding hydrogens is 312 g/mol. The van der Waals surface area contributed by atoms with Crippen LogP contribution in [0.5, 0.6) is 0 Å². The number of amides is 3. The Balaban J connectivity index is 1.94. The van der Waals surface area contributed by atoms with Gasteiger partial charge in [0.2, 0.25) is 27.7 Å². The summed E-state index contributed by atoms with van der Waals surface area (Å²) in [5.41, 5.74) is 0.380. The molecule has 3 amide bonds. The highest BCUT2D eigenvalue weighted by atomic mass is 32.2. The third-order valence-corrected chi connectivity index (χ3v) is 3.78. The van der Waals surface area contributed by atoms with E-state index in [2.05, 4.69) is 10.6 Å². The molecule has 0 spiro atoms. The average molecular weight is 326 g/mol. The largest absolute Gasteiger partial charge is 0.325 e. The molecule has 4 N–H and O–H groups in total. The molecule has 2 rings (SSSR count). The first-order chi connectivity index (χ1) is 10.2. The SMILES string of the molecule is NS(=O)(=O)c1ccc(NC(=O)CN2CC(=O)NC(=O)C2)cc1. The molecule has 118 valence electrons. The lowest BCUT2D eigenvalue weighted by molar-refractivity contribution is -0.136. The van der Waals surface area contributed by atoms with Gasteiger partial charge in [-0.15, -0.1) is 0 Å². The molecule has 9 nitrogen and oxygen atoms in total. The maximum absolute atomic E-state index is 11.8. The zero-order chi connectivity index (χ0) is 16.3. The van der Waals surface area contributed by atoms with Crippen LogP contribution in [-0.4, -0.2) is 50.7 Å². The number of nitrogens with two attached hydrogens (primary N) is 1. The summed E-state index contributed by atoms with van der Waals surface area (Å²) >= 11 is 0. The van der Waals surface area contributed by atoms with Crippen LogP contribution in [0.15, 0.2) is 29.2 Å². The first-order valence-electron chi connectivity index (χ1n) is 6.22. The Hall–Kier alpha value is -2.30. The van der Waals surface area contributed by atoms with Crippen LogP contribution in [0.4, 0.5) is 5.69 Å². The van der Waals surface area contributed by atoms with Crippen LogP contribution in [0, 0.1) is 0 Å². The number of nitrogens with zero attached hydrogens (tertiary/aromatic N) is 1. The topological polar surface area (TPSA) is 139 Å². The Bertz CT molecular complexity index is 698. The van der Waals surface area contributed by atoms with Crippen molar-refractivity contribution >= 4 is 33.4 Å². The van der Waals surface area contributed by atoms with Gasteiger partial charge >= 0.3 is 0 Å². The van der Waals surface area contributed by atoms with Crippen molar-refractivity contribution < 1.29 is 22.8 Å². The number of hydrogen-bond donors (Lipinski definition) is 3. The van der Waals surface area contributed by atoms with Gasteiger partial charge in [0.15, 0.2) is 0 Å². The number of carbonyl (C=O) groups is 3. The smallest absolute Gasteiger partial charge is 0.240 e. The lowest BCUT2D eigenvalue weighted by atomic mass is 10.3. The first-order valence-corrected chi connectivity index (χ1v) is 7.76. The van der Waals surface area contributed by atoms with Crippen molar-refractivity contribution in [1.29, 1.82) is 0 Å². The van der Waals surface area contributed by atoms with Crippen LogP contribution in [0.3, 0.4) is 0 Å². The second kappa shape index (κ2) is 6.22. The van der Waals surface area contributed by atoms with Crippen molar-refractivity contribution in [2.45, 2.75) is 4.90 Å². The molecule has 0 radical (unpaired) electrons. The normalized spacial score (nSPS) is 16.2. The van der Waals surface area contributed by atoms with Crippen molar-refractivity contribution in [2.75, 3.05) is 25.0 Å². The number of anilines is 1. The number of piperazine rings is 1. The van der Waals surface area contributed by atoms with E-state index in [0.29, 0.717) is 5.69 Å². The van der Waals surface area contributed by atoms with Crippen LogP contribution in [0.2, 0.25) is 0 Å². The van der Waals surface area contributed by atoms with E-state index in [1.807, 2.05) is 0 Å². The van der Waals surface area contributed by atoms with E-state index in [1.54, 1.807) is 0 Å². The van der Waals surface area contributed by atoms with Crippen molar-refractivity contribution in [3.8, 4) is 0 Å². The summed E-state index contributed by atoms with van der Waals surface area (Å²) < 4.78 is 22.2. The van der Waals surface area contributed by atoms with E-state index in [4.69, 9.17) is 5.14 Å². The number of sulfonamides is 1. The molecule has 1 aliphatic rings. The third kappa shape index (κ3) is 4.35. The zero-order valence-electron chi connectivity index (χ0n) is 11.4. The second-order valence-corrected chi connectivity index (χ2v) is 6.30. The van der Waals surface area contributed by atoms with Gasteiger partial charge < -0.3 is 5.32 Å². The van der Waals surface area contributed by atoms with E-state index in [-0.39, 0.29) is 24.5 Å². The molecule has 22 heavy (non-hydrogen) atoms. The predicted molar refractivity (Wildman–Crippen MR) is 76.0 cm³/mol. The van der Waals surface area contributed by atoms with Gasteiger partial charge in [-0.2, -0.15) is 0 Å². The Morgan fingerprint density at radius 3 is 2.23 bits per heavy atom. The van der Waals surface area contributed by atoms with Gasteiger partial charge in [0.25, 0.3) is 0 Å². The fourth-order valence-electron chi connectivity index (χ4n) is 1.94. The lowest BCUT2D eigenvalue weighted by Crippen LogP contribution is -2.53. The van der Waals surface area contributed by atoms with Crippen LogP contribution in [-0.2, 0) is 24.4 Å². The second-order valence-electron chi connectivity index (χ2n) is 4.73. The molecule has 0 atom stereocenters. The molecule has 1 aromatic carbocycles. The summed E-state index contributed by atoms with van der Waals surface area (Å²) in [5.74, 6) is -1.34. The van der Waals surface area contributed by atoms with E-state index in [1.165, 1.54) is 29.2 Å². The maximum atomic E-state index is 11.8. The van der Waals surface area contributed by atoms with Gasteiger partial charge in [-0.1, -0.05) is 0 Å². The molecule has 0 unspecified atom stereocenters. The van der Waals surface area contributed by atoms with Crippen molar-refractivity contribution in [1.82, 2.24) is 10.2 Å². The molecule has 1 aromatic rings. The van der Waals surface area contributed by atoms with Gasteiger partial charge in [-0.3, -0.25) is 24.6 Å². The highest BCUT2D eigenvalue weighted by Crippen LogP contribution is 2.12. The molecule has 1 heterocycles. The number of primary sulfonamides is 1. The van der Waals surface area contributed by atoms with Gasteiger partial charge in [0.05, 0.1) is 24.5 Å². The minimum atomic E-state index is -3.79. The summed E-state index contributed by atoms with van der Waals surface area (Å²) in [6, 6.07) is 5.32. The van der Waals surface area contributed by atoms with E-state index >= 15 is 0 Å². The molecule has 1 aliphatic heterocycles. The number of nitrogens with one attached hydrogen (secondary N) is 2. The molecule has 1 fully saturated rings.